The van der Waals surface area contributed by atoms with Crippen LogP contribution >= 0.6 is 0 Å². The van der Waals surface area contributed by atoms with Crippen molar-refractivity contribution in [3.8, 4) is 11.1 Å². The average molecular weight is 454 g/mol. The van der Waals surface area contributed by atoms with E-state index in [2.05, 4.69) is 0 Å². The van der Waals surface area contributed by atoms with Gasteiger partial charge < -0.3 is 9.80 Å². The number of hydrogen-bond donors (Lipinski definition) is 1. The summed E-state index contributed by atoms with van der Waals surface area (Å²) in [6.45, 7) is 2.51. The lowest BCUT2D eigenvalue weighted by atomic mass is 9.99. The van der Waals surface area contributed by atoms with Gasteiger partial charge in [-0.1, -0.05) is 30.3 Å². The van der Waals surface area contributed by atoms with Crippen molar-refractivity contribution in [1.82, 2.24) is 0 Å². The van der Waals surface area contributed by atoms with E-state index in [1.54, 1.807) is 12.1 Å². The number of primary sulfonamides is 1. The summed E-state index contributed by atoms with van der Waals surface area (Å²) in [6, 6.07) is 13.0. The topological polar surface area (TPSA) is 101 Å². The third-order valence-corrected chi connectivity index (χ3v) is 7.16. The molecule has 2 aliphatic carbocycles. The van der Waals surface area contributed by atoms with Crippen molar-refractivity contribution < 1.29 is 18.0 Å². The fourth-order valence-electron chi connectivity index (χ4n) is 4.45. The molecule has 0 bridgehead atoms. The first-order valence-corrected chi connectivity index (χ1v) is 12.8. The van der Waals surface area contributed by atoms with Crippen molar-refractivity contribution in [1.29, 1.82) is 0 Å². The van der Waals surface area contributed by atoms with Gasteiger partial charge >= 0.3 is 0 Å². The highest BCUT2D eigenvalue weighted by Gasteiger charge is 2.43. The fraction of sp³-hybridized carbons (Fsp3) is 0.417. The Morgan fingerprint density at radius 2 is 1.50 bits per heavy atom. The molecule has 2 aromatic carbocycles. The fourth-order valence-corrected chi connectivity index (χ4v) is 5.11. The van der Waals surface area contributed by atoms with Crippen molar-refractivity contribution >= 4 is 33.2 Å². The Labute approximate surface area is 188 Å². The summed E-state index contributed by atoms with van der Waals surface area (Å²) in [5.41, 5.74) is 4.01. The summed E-state index contributed by atoms with van der Waals surface area (Å²) in [5.74, 6) is 0.260. The number of sulfonamides is 1. The number of anilines is 2. The number of benzene rings is 2. The van der Waals surface area contributed by atoms with E-state index in [4.69, 9.17) is 5.14 Å². The smallest absolute Gasteiger partial charge is 0.230 e. The van der Waals surface area contributed by atoms with Gasteiger partial charge in [0.05, 0.1) is 23.2 Å². The molecule has 0 radical (unpaired) electrons. The minimum absolute atomic E-state index is 0.0679. The minimum atomic E-state index is -3.59. The lowest BCUT2D eigenvalue weighted by molar-refractivity contribution is -0.122. The van der Waals surface area contributed by atoms with Gasteiger partial charge in [0.1, 0.15) is 0 Å². The van der Waals surface area contributed by atoms with E-state index in [-0.39, 0.29) is 35.4 Å². The van der Waals surface area contributed by atoms with Crippen molar-refractivity contribution in [3.63, 3.8) is 0 Å². The molecule has 2 fully saturated rings. The molecule has 168 valence electrons. The third-order valence-electron chi connectivity index (χ3n) is 6.43. The highest BCUT2D eigenvalue weighted by molar-refractivity contribution is 7.88. The number of nitrogens with zero attached hydrogens (tertiary/aromatic N) is 2. The Kier molecular flexibility index (Phi) is 5.09. The molecule has 2 aromatic rings. The Balaban J connectivity index is 1.52. The maximum atomic E-state index is 13.1. The van der Waals surface area contributed by atoms with E-state index in [0.717, 1.165) is 48.2 Å². The molecule has 3 aliphatic rings. The lowest BCUT2D eigenvalue weighted by Crippen LogP contribution is -2.52. The summed E-state index contributed by atoms with van der Waals surface area (Å²) in [6.07, 6.45) is 3.72. The molecular formula is C24H27N3O4S. The van der Waals surface area contributed by atoms with Gasteiger partial charge in [-0.25, -0.2) is 13.6 Å². The molecule has 2 amide bonds. The van der Waals surface area contributed by atoms with Crippen LogP contribution in [0.4, 0.5) is 11.4 Å². The molecule has 5 rings (SSSR count). The van der Waals surface area contributed by atoms with Crippen LogP contribution in [0.5, 0.6) is 0 Å². The monoisotopic (exact) mass is 453 g/mol. The zero-order chi connectivity index (χ0) is 22.6. The van der Waals surface area contributed by atoms with Crippen LogP contribution in [0.3, 0.4) is 0 Å². The number of rotatable bonds is 5. The highest BCUT2D eigenvalue weighted by Crippen LogP contribution is 2.44. The Morgan fingerprint density at radius 1 is 0.906 bits per heavy atom. The van der Waals surface area contributed by atoms with E-state index in [1.807, 2.05) is 47.1 Å². The Morgan fingerprint density at radius 3 is 2.09 bits per heavy atom. The molecule has 2 N–H and O–H groups in total. The van der Waals surface area contributed by atoms with Gasteiger partial charge in [0, 0.05) is 18.4 Å². The van der Waals surface area contributed by atoms with Crippen LogP contribution in [0.25, 0.3) is 11.1 Å². The second-order valence-electron chi connectivity index (χ2n) is 9.26. The molecule has 1 heterocycles. The van der Waals surface area contributed by atoms with Crippen LogP contribution in [0, 0.1) is 11.8 Å². The number of fused-ring (bicyclic) bond motifs is 1. The van der Waals surface area contributed by atoms with Gasteiger partial charge in [-0.3, -0.25) is 9.59 Å². The first-order chi connectivity index (χ1) is 15.2. The first kappa shape index (κ1) is 21.2. The molecule has 0 spiro atoms. The van der Waals surface area contributed by atoms with Gasteiger partial charge in [-0.05, 0) is 61.4 Å². The molecule has 2 saturated carbocycles. The van der Waals surface area contributed by atoms with Gasteiger partial charge in [0.15, 0.2) is 0 Å². The number of carbonyl (C=O) groups is 2. The van der Waals surface area contributed by atoms with E-state index in [0.29, 0.717) is 12.1 Å². The quantitative estimate of drug-likeness (QED) is 0.752. The van der Waals surface area contributed by atoms with Crippen LogP contribution in [-0.4, -0.2) is 32.8 Å². The van der Waals surface area contributed by atoms with E-state index in [1.165, 1.54) is 0 Å². The van der Waals surface area contributed by atoms with Crippen molar-refractivity contribution in [2.24, 2.45) is 17.0 Å². The lowest BCUT2D eigenvalue weighted by Gasteiger charge is -2.41. The molecule has 7 nitrogen and oxygen atoms in total. The summed E-state index contributed by atoms with van der Waals surface area (Å²) < 4.78 is 22.7. The number of amides is 2. The van der Waals surface area contributed by atoms with Gasteiger partial charge in [0.25, 0.3) is 0 Å². The molecule has 1 atom stereocenters. The first-order valence-electron chi connectivity index (χ1n) is 11.1. The predicted octanol–water partition coefficient (Wildman–Crippen LogP) is 3.03. The van der Waals surface area contributed by atoms with E-state index < -0.39 is 10.0 Å². The van der Waals surface area contributed by atoms with Gasteiger partial charge in [-0.2, -0.15) is 0 Å². The van der Waals surface area contributed by atoms with E-state index in [9.17, 15) is 18.0 Å². The van der Waals surface area contributed by atoms with Gasteiger partial charge in [0.2, 0.25) is 21.8 Å². The minimum Gasteiger partial charge on any atom is -0.308 e. The molecule has 0 saturated heterocycles. The Hall–Kier alpha value is -2.71. The number of hydrogen-bond acceptors (Lipinski definition) is 4. The Bertz CT molecular complexity index is 1180. The second-order valence-corrected chi connectivity index (χ2v) is 10.9. The van der Waals surface area contributed by atoms with Crippen LogP contribution in [-0.2, 0) is 25.4 Å². The van der Waals surface area contributed by atoms with Crippen LogP contribution in [0.1, 0.15) is 38.2 Å². The maximum Gasteiger partial charge on any atom is 0.230 e. The summed E-state index contributed by atoms with van der Waals surface area (Å²) in [5, 5.41) is 5.14. The molecular weight excluding hydrogens is 426 g/mol. The zero-order valence-electron chi connectivity index (χ0n) is 18.0. The summed E-state index contributed by atoms with van der Waals surface area (Å²) in [7, 11) is -3.59. The molecule has 0 aromatic heterocycles. The highest BCUT2D eigenvalue weighted by atomic mass is 32.2. The number of carbonyl (C=O) groups excluding carboxylic acids is 2. The maximum absolute atomic E-state index is 13.1. The SMILES string of the molecule is C[C@H]1CN(C(=O)C2CC2)c2cc(-c3ccc(CS(N)(=O)=O)cc3)ccc2N1C(=O)C1CC1. The summed E-state index contributed by atoms with van der Waals surface area (Å²) >= 11 is 0. The van der Waals surface area contributed by atoms with E-state index >= 15 is 0 Å². The van der Waals surface area contributed by atoms with Crippen molar-refractivity contribution in [2.75, 3.05) is 16.3 Å². The molecule has 0 unspecified atom stereocenters. The van der Waals surface area contributed by atoms with Crippen molar-refractivity contribution in [3.05, 3.63) is 48.0 Å². The third kappa shape index (κ3) is 4.17. The molecule has 8 heteroatoms. The van der Waals surface area contributed by atoms with Crippen LogP contribution in [0.2, 0.25) is 0 Å². The largest absolute Gasteiger partial charge is 0.308 e. The summed E-state index contributed by atoms with van der Waals surface area (Å²) in [4.78, 5) is 29.8. The molecule has 1 aliphatic heterocycles. The molecule has 32 heavy (non-hydrogen) atoms. The van der Waals surface area contributed by atoms with Crippen LogP contribution in [0.15, 0.2) is 42.5 Å². The number of nitrogens with two attached hydrogens (primary N) is 1. The standard InChI is InChI=1S/C24H27N3O4S/c1-15-13-26(23(28)18-6-7-18)22-12-20(10-11-21(22)27(15)24(29)19-8-9-19)17-4-2-16(3-5-17)14-32(25,30)31/h2-5,10-12,15,18-19H,6-9,13-14H2,1H3,(H2,25,30,31)/t15-/m0/s1. The zero-order valence-corrected chi connectivity index (χ0v) is 18.8. The van der Waals surface area contributed by atoms with Gasteiger partial charge in [-0.15, -0.1) is 0 Å². The average Bonchev–Trinajstić information content (AvgIpc) is 3.63. The van der Waals surface area contributed by atoms with Crippen LogP contribution < -0.4 is 14.9 Å². The normalized spacial score (nSPS) is 20.8. The predicted molar refractivity (Wildman–Crippen MR) is 123 cm³/mol. The van der Waals surface area contributed by atoms with Crippen molar-refractivity contribution in [2.45, 2.75) is 44.4 Å². The second kappa shape index (κ2) is 7.71.